The number of nitrogens with one attached hydrogen (secondary N) is 1. The van der Waals surface area contributed by atoms with Crippen molar-refractivity contribution < 1.29 is 15.0 Å². The van der Waals surface area contributed by atoms with Gasteiger partial charge in [-0.1, -0.05) is 18.2 Å². The molecule has 0 aliphatic heterocycles. The number of aromatic nitrogens is 3. The molecule has 2 aromatic heterocycles. The Kier molecular flexibility index (Phi) is 5.29. The van der Waals surface area contributed by atoms with Gasteiger partial charge in [-0.3, -0.25) is 4.79 Å². The van der Waals surface area contributed by atoms with E-state index in [1.54, 1.807) is 6.07 Å². The second-order valence-electron chi connectivity index (χ2n) is 8.20. The van der Waals surface area contributed by atoms with Crippen molar-refractivity contribution in [2.24, 2.45) is 5.10 Å². The summed E-state index contributed by atoms with van der Waals surface area (Å²) in [5.41, 5.74) is 11.8. The third-order valence-electron chi connectivity index (χ3n) is 5.79. The molecule has 174 valence electrons. The number of nitrogens with two attached hydrogens (primary N) is 1. The van der Waals surface area contributed by atoms with Crippen LogP contribution >= 0.6 is 0 Å². The Bertz CT molecular complexity index is 1650. The number of amides is 1. The summed E-state index contributed by atoms with van der Waals surface area (Å²) in [6, 6.07) is 17.2. The second-order valence-corrected chi connectivity index (χ2v) is 8.20. The van der Waals surface area contributed by atoms with Crippen LogP contribution in [0.15, 0.2) is 65.8 Å². The topological polar surface area (TPSA) is 139 Å². The third-order valence-corrected chi connectivity index (χ3v) is 5.79. The number of aromatic hydroxyl groups is 2. The largest absolute Gasteiger partial charge is 0.504 e. The summed E-state index contributed by atoms with van der Waals surface area (Å²) in [7, 11) is 0. The van der Waals surface area contributed by atoms with Gasteiger partial charge in [0.1, 0.15) is 16.9 Å². The van der Waals surface area contributed by atoms with Crippen molar-refractivity contribution >= 4 is 45.8 Å². The van der Waals surface area contributed by atoms with Crippen LogP contribution < -0.4 is 11.1 Å². The van der Waals surface area contributed by atoms with Gasteiger partial charge < -0.3 is 21.3 Å². The fourth-order valence-electron chi connectivity index (χ4n) is 3.75. The number of benzene rings is 3. The van der Waals surface area contributed by atoms with Gasteiger partial charge in [-0.25, -0.2) is 9.97 Å². The molecule has 0 aliphatic carbocycles. The van der Waals surface area contributed by atoms with Gasteiger partial charge in [-0.05, 0) is 73.0 Å². The number of anilines is 2. The smallest absolute Gasteiger partial charge is 0.261 e. The van der Waals surface area contributed by atoms with E-state index in [1.165, 1.54) is 23.0 Å². The monoisotopic (exact) mass is 466 g/mol. The lowest BCUT2D eigenvalue weighted by atomic mass is 10.1. The minimum absolute atomic E-state index is 0.0656. The van der Waals surface area contributed by atoms with Crippen LogP contribution in [-0.2, 0) is 0 Å². The summed E-state index contributed by atoms with van der Waals surface area (Å²) in [6.07, 6.45) is 1.44. The van der Waals surface area contributed by atoms with Gasteiger partial charge in [0.25, 0.3) is 5.91 Å². The number of nitrogens with zero attached hydrogens (tertiary/aromatic N) is 4. The number of fused-ring (bicyclic) bond motifs is 2. The molecule has 0 unspecified atom stereocenters. The van der Waals surface area contributed by atoms with Crippen molar-refractivity contribution in [2.45, 2.75) is 13.8 Å². The average Bonchev–Trinajstić information content (AvgIpc) is 3.10. The molecular weight excluding hydrogens is 444 g/mol. The molecule has 0 saturated heterocycles. The number of para-hydroxylation sites is 2. The number of nitrogen functional groups attached to an aromatic ring is 1. The van der Waals surface area contributed by atoms with Crippen molar-refractivity contribution in [2.75, 3.05) is 11.1 Å². The van der Waals surface area contributed by atoms with Crippen molar-refractivity contribution in [1.82, 2.24) is 14.6 Å². The number of phenolic OH excluding ortho intramolecular Hbond substituents is 2. The van der Waals surface area contributed by atoms with E-state index < -0.39 is 5.91 Å². The molecule has 0 atom stereocenters. The first-order valence-corrected chi connectivity index (χ1v) is 10.8. The molecule has 9 nitrogen and oxygen atoms in total. The molecule has 0 bridgehead atoms. The van der Waals surface area contributed by atoms with E-state index >= 15 is 0 Å². The highest BCUT2D eigenvalue weighted by Gasteiger charge is 2.24. The molecule has 0 fully saturated rings. The van der Waals surface area contributed by atoms with Crippen LogP contribution in [0.1, 0.15) is 27.0 Å². The molecule has 5 aromatic rings. The molecule has 5 rings (SSSR count). The Labute approximate surface area is 200 Å². The summed E-state index contributed by atoms with van der Waals surface area (Å²) in [5, 5.41) is 26.6. The summed E-state index contributed by atoms with van der Waals surface area (Å²) >= 11 is 0. The highest BCUT2D eigenvalue weighted by molar-refractivity contribution is 6.16. The highest BCUT2D eigenvalue weighted by atomic mass is 16.3. The van der Waals surface area contributed by atoms with Crippen LogP contribution in [0.25, 0.3) is 22.2 Å². The lowest BCUT2D eigenvalue weighted by Crippen LogP contribution is -2.14. The first-order valence-electron chi connectivity index (χ1n) is 10.8. The standard InChI is InChI=1S/C26H22N6O3/c1-14-7-9-17(11-15(14)2)29-26(35)22-23-25(31-19-6-4-3-5-18(19)30-23)32(24(22)27)28-13-16-8-10-20(33)21(34)12-16/h3-13,33-34H,27H2,1-2H3,(H,29,35)/b28-13+. The van der Waals surface area contributed by atoms with Crippen molar-refractivity contribution in [3.63, 3.8) is 0 Å². The van der Waals surface area contributed by atoms with Crippen molar-refractivity contribution in [3.05, 3.63) is 82.9 Å². The van der Waals surface area contributed by atoms with Crippen LogP contribution in [-0.4, -0.2) is 37.0 Å². The molecule has 3 aromatic carbocycles. The van der Waals surface area contributed by atoms with Gasteiger partial charge in [0.15, 0.2) is 17.1 Å². The molecule has 0 radical (unpaired) electrons. The van der Waals surface area contributed by atoms with E-state index in [0.717, 1.165) is 11.1 Å². The average molecular weight is 467 g/mol. The summed E-state index contributed by atoms with van der Waals surface area (Å²) in [6.45, 7) is 3.97. The maximum Gasteiger partial charge on any atom is 0.261 e. The Balaban J connectivity index is 1.65. The van der Waals surface area contributed by atoms with E-state index in [2.05, 4.69) is 20.4 Å². The molecule has 35 heavy (non-hydrogen) atoms. The molecule has 1 amide bonds. The number of carbonyl (C=O) groups is 1. The van der Waals surface area contributed by atoms with Crippen LogP contribution in [0.4, 0.5) is 11.5 Å². The van der Waals surface area contributed by atoms with Gasteiger partial charge in [0.2, 0.25) is 0 Å². The zero-order valence-electron chi connectivity index (χ0n) is 19.0. The van der Waals surface area contributed by atoms with Gasteiger partial charge in [0, 0.05) is 5.69 Å². The normalized spacial score (nSPS) is 11.5. The van der Waals surface area contributed by atoms with Gasteiger partial charge in [-0.2, -0.15) is 9.78 Å². The maximum atomic E-state index is 13.4. The van der Waals surface area contributed by atoms with Gasteiger partial charge in [0.05, 0.1) is 17.2 Å². The number of hydrogen-bond donors (Lipinski definition) is 4. The third kappa shape index (κ3) is 3.99. The maximum absolute atomic E-state index is 13.4. The predicted molar refractivity (Wildman–Crippen MR) is 136 cm³/mol. The lowest BCUT2D eigenvalue weighted by Gasteiger charge is -2.08. The molecule has 0 saturated carbocycles. The van der Waals surface area contributed by atoms with E-state index in [-0.39, 0.29) is 22.9 Å². The zero-order valence-corrected chi connectivity index (χ0v) is 19.0. The van der Waals surface area contributed by atoms with E-state index in [0.29, 0.717) is 33.4 Å². The van der Waals surface area contributed by atoms with E-state index in [9.17, 15) is 15.0 Å². The Hall–Kier alpha value is -4.92. The SMILES string of the molecule is Cc1ccc(NC(=O)c2c(N)n(/N=C/c3ccc(O)c(O)c3)c3nc4ccccc4nc23)cc1C. The first-order chi connectivity index (χ1) is 16.8. The number of hydrogen-bond acceptors (Lipinski definition) is 7. The Morgan fingerprint density at radius 3 is 2.43 bits per heavy atom. The fraction of sp³-hybridized carbons (Fsp3) is 0.0769. The molecular formula is C26H22N6O3. The van der Waals surface area contributed by atoms with Crippen molar-refractivity contribution in [1.29, 1.82) is 0 Å². The number of aryl methyl sites for hydroxylation is 2. The van der Waals surface area contributed by atoms with Crippen molar-refractivity contribution in [3.8, 4) is 11.5 Å². The summed E-state index contributed by atoms with van der Waals surface area (Å²) in [5.74, 6) is -0.887. The summed E-state index contributed by atoms with van der Waals surface area (Å²) < 4.78 is 1.34. The Morgan fingerprint density at radius 2 is 1.71 bits per heavy atom. The van der Waals surface area contributed by atoms with Gasteiger partial charge >= 0.3 is 0 Å². The van der Waals surface area contributed by atoms with Crippen LogP contribution in [0, 0.1) is 13.8 Å². The molecule has 0 aliphatic rings. The Morgan fingerprint density at radius 1 is 0.971 bits per heavy atom. The van der Waals surface area contributed by atoms with E-state index in [4.69, 9.17) is 5.73 Å². The molecule has 2 heterocycles. The molecule has 0 spiro atoms. The van der Waals surface area contributed by atoms with Crippen LogP contribution in [0.3, 0.4) is 0 Å². The zero-order chi connectivity index (χ0) is 24.7. The fourth-order valence-corrected chi connectivity index (χ4v) is 3.75. The highest BCUT2D eigenvalue weighted by Crippen LogP contribution is 2.29. The van der Waals surface area contributed by atoms with E-state index in [1.807, 2.05) is 56.3 Å². The first kappa shape index (κ1) is 21.9. The minimum atomic E-state index is -0.434. The number of rotatable bonds is 4. The van der Waals surface area contributed by atoms with Gasteiger partial charge in [-0.15, -0.1) is 0 Å². The second kappa shape index (κ2) is 8.45. The molecule has 5 N–H and O–H groups in total. The summed E-state index contributed by atoms with van der Waals surface area (Å²) in [4.78, 5) is 22.7. The number of carbonyl (C=O) groups excluding carboxylic acids is 1. The lowest BCUT2D eigenvalue weighted by molar-refractivity contribution is 0.102. The number of phenols is 2. The predicted octanol–water partition coefficient (Wildman–Crippen LogP) is 4.33. The van der Waals surface area contributed by atoms with Crippen LogP contribution in [0.2, 0.25) is 0 Å². The minimum Gasteiger partial charge on any atom is -0.504 e. The van der Waals surface area contributed by atoms with Crippen LogP contribution in [0.5, 0.6) is 11.5 Å². The molecule has 9 heteroatoms. The quantitative estimate of drug-likeness (QED) is 0.230.